The van der Waals surface area contributed by atoms with Gasteiger partial charge in [-0.1, -0.05) is 6.42 Å². The Morgan fingerprint density at radius 2 is 2.17 bits per heavy atom. The highest BCUT2D eigenvalue weighted by atomic mass is 16.7. The van der Waals surface area contributed by atoms with Crippen LogP contribution in [0.4, 0.5) is 0 Å². The second-order valence-corrected chi connectivity index (χ2v) is 7.02. The molecule has 3 atom stereocenters. The van der Waals surface area contributed by atoms with Crippen molar-refractivity contribution in [3.63, 3.8) is 0 Å². The molecule has 0 spiro atoms. The summed E-state index contributed by atoms with van der Waals surface area (Å²) in [6.07, 6.45) is 9.12. The van der Waals surface area contributed by atoms with E-state index in [0.29, 0.717) is 30.2 Å². The minimum absolute atomic E-state index is 0.0952. The number of aliphatic hydroxyl groups excluding tert-OH is 1. The lowest BCUT2D eigenvalue weighted by molar-refractivity contribution is -0.178. The van der Waals surface area contributed by atoms with E-state index in [1.54, 1.807) is 0 Å². The molecule has 5 nitrogen and oxygen atoms in total. The molecule has 2 aliphatic carbocycles. The fourth-order valence-electron chi connectivity index (χ4n) is 3.63. The normalized spacial score (nSPS) is 31.0. The van der Waals surface area contributed by atoms with Crippen LogP contribution in [0.1, 0.15) is 51.9 Å². The maximum absolute atomic E-state index is 12.4. The van der Waals surface area contributed by atoms with Crippen molar-refractivity contribution < 1.29 is 19.4 Å². The number of rotatable bonds is 8. The average molecular weight is 323 g/mol. The summed E-state index contributed by atoms with van der Waals surface area (Å²) in [5, 5.41) is 12.2. The summed E-state index contributed by atoms with van der Waals surface area (Å²) in [5.74, 6) is 1.51. The van der Waals surface area contributed by atoms with Gasteiger partial charge in [-0.15, -0.1) is 0 Å². The second kappa shape index (κ2) is 7.67. The largest absolute Gasteiger partial charge is 0.459 e. The summed E-state index contributed by atoms with van der Waals surface area (Å²) >= 11 is 0. The number of allylic oxidation sites excluding steroid dienone is 1. The van der Waals surface area contributed by atoms with Crippen molar-refractivity contribution in [2.24, 2.45) is 17.8 Å². The molecule has 1 aliphatic heterocycles. The van der Waals surface area contributed by atoms with Gasteiger partial charge in [-0.25, -0.2) is 0 Å². The van der Waals surface area contributed by atoms with Crippen LogP contribution in [0.3, 0.4) is 0 Å². The van der Waals surface area contributed by atoms with Crippen molar-refractivity contribution in [1.29, 1.82) is 0 Å². The van der Waals surface area contributed by atoms with Crippen molar-refractivity contribution in [3.05, 3.63) is 11.8 Å². The molecule has 0 radical (unpaired) electrons. The number of hydrogen-bond acceptors (Lipinski definition) is 4. The summed E-state index contributed by atoms with van der Waals surface area (Å²) < 4.78 is 11.7. The van der Waals surface area contributed by atoms with Gasteiger partial charge in [0.1, 0.15) is 0 Å². The lowest BCUT2D eigenvalue weighted by atomic mass is 9.68. The van der Waals surface area contributed by atoms with Crippen molar-refractivity contribution in [2.45, 2.75) is 64.2 Å². The summed E-state index contributed by atoms with van der Waals surface area (Å²) in [6.45, 7) is 2.70. The van der Waals surface area contributed by atoms with Crippen molar-refractivity contribution in [1.82, 2.24) is 5.32 Å². The summed E-state index contributed by atoms with van der Waals surface area (Å²) in [6, 6.07) is 0.326. The first-order chi connectivity index (χ1) is 11.2. The summed E-state index contributed by atoms with van der Waals surface area (Å²) in [5.41, 5.74) is 0. The molecule has 0 aromatic rings. The lowest BCUT2D eigenvalue weighted by Crippen LogP contribution is -2.43. The molecule has 130 valence electrons. The number of nitrogens with one attached hydrogen (secondary N) is 1. The van der Waals surface area contributed by atoms with Crippen LogP contribution < -0.4 is 5.32 Å². The third-order valence-corrected chi connectivity index (χ3v) is 5.29. The number of hydrogen-bond donors (Lipinski definition) is 2. The zero-order valence-corrected chi connectivity index (χ0v) is 14.0. The minimum Gasteiger partial charge on any atom is -0.459 e. The van der Waals surface area contributed by atoms with Gasteiger partial charge in [0.05, 0.1) is 0 Å². The predicted molar refractivity (Wildman–Crippen MR) is 86.4 cm³/mol. The quantitative estimate of drug-likeness (QED) is 0.719. The Hall–Kier alpha value is -1.07. The first-order valence-electron chi connectivity index (χ1n) is 9.14. The first-order valence-corrected chi connectivity index (χ1v) is 9.14. The van der Waals surface area contributed by atoms with E-state index in [9.17, 15) is 9.90 Å². The van der Waals surface area contributed by atoms with E-state index in [1.807, 2.05) is 13.0 Å². The maximum atomic E-state index is 12.4. The Balaban J connectivity index is 1.76. The SMILES string of the molecule is CCO[C@@H]1OC(C(=O)NC2CC2)=C[C@H](C2CCC2)[C@@H]1CCCO. The average Bonchev–Trinajstić information content (AvgIpc) is 3.28. The molecule has 1 heterocycles. The van der Waals surface area contributed by atoms with E-state index >= 15 is 0 Å². The Labute approximate surface area is 138 Å². The van der Waals surface area contributed by atoms with Gasteiger partial charge in [-0.05, 0) is 63.4 Å². The van der Waals surface area contributed by atoms with E-state index in [4.69, 9.17) is 9.47 Å². The Morgan fingerprint density at radius 3 is 2.74 bits per heavy atom. The number of carbonyl (C=O) groups is 1. The van der Waals surface area contributed by atoms with Crippen molar-refractivity contribution in [2.75, 3.05) is 13.2 Å². The molecule has 0 aromatic heterocycles. The molecule has 3 aliphatic rings. The molecule has 0 bridgehead atoms. The topological polar surface area (TPSA) is 67.8 Å². The van der Waals surface area contributed by atoms with Gasteiger partial charge in [-0.2, -0.15) is 0 Å². The highest BCUT2D eigenvalue weighted by Gasteiger charge is 2.42. The first kappa shape index (κ1) is 16.8. The number of amides is 1. The Bertz CT molecular complexity index is 442. The van der Waals surface area contributed by atoms with Gasteiger partial charge in [0, 0.05) is 25.2 Å². The van der Waals surface area contributed by atoms with E-state index in [0.717, 1.165) is 25.7 Å². The van der Waals surface area contributed by atoms with E-state index < -0.39 is 0 Å². The summed E-state index contributed by atoms with van der Waals surface area (Å²) in [7, 11) is 0. The molecule has 2 fully saturated rings. The third kappa shape index (κ3) is 4.07. The second-order valence-electron chi connectivity index (χ2n) is 7.02. The van der Waals surface area contributed by atoms with E-state index in [1.165, 1.54) is 19.3 Å². The van der Waals surface area contributed by atoms with Crippen LogP contribution in [0, 0.1) is 17.8 Å². The van der Waals surface area contributed by atoms with Gasteiger partial charge in [-0.3, -0.25) is 4.79 Å². The van der Waals surface area contributed by atoms with Crippen LogP contribution in [0.2, 0.25) is 0 Å². The smallest absolute Gasteiger partial charge is 0.286 e. The zero-order valence-electron chi connectivity index (χ0n) is 14.0. The molecule has 5 heteroatoms. The van der Waals surface area contributed by atoms with E-state index in [-0.39, 0.29) is 24.7 Å². The van der Waals surface area contributed by atoms with Gasteiger partial charge in [0.25, 0.3) is 5.91 Å². The number of carbonyl (C=O) groups excluding carboxylic acids is 1. The fourth-order valence-corrected chi connectivity index (χ4v) is 3.63. The molecule has 2 saturated carbocycles. The molecular weight excluding hydrogens is 294 g/mol. The van der Waals surface area contributed by atoms with Gasteiger partial charge < -0.3 is 19.9 Å². The van der Waals surface area contributed by atoms with Crippen LogP contribution in [0.25, 0.3) is 0 Å². The van der Waals surface area contributed by atoms with Crippen LogP contribution in [-0.4, -0.2) is 36.6 Å². The monoisotopic (exact) mass is 323 g/mol. The molecule has 0 unspecified atom stereocenters. The number of ether oxygens (including phenoxy) is 2. The lowest BCUT2D eigenvalue weighted by Gasteiger charge is -2.43. The molecule has 2 N–H and O–H groups in total. The predicted octanol–water partition coefficient (Wildman–Crippen LogP) is 2.35. The third-order valence-electron chi connectivity index (χ3n) is 5.29. The Morgan fingerprint density at radius 1 is 1.39 bits per heavy atom. The van der Waals surface area contributed by atoms with Gasteiger partial charge in [0.15, 0.2) is 5.76 Å². The molecule has 1 amide bonds. The molecule has 0 saturated heterocycles. The fraction of sp³-hybridized carbons (Fsp3) is 0.833. The maximum Gasteiger partial charge on any atom is 0.286 e. The van der Waals surface area contributed by atoms with Crippen LogP contribution >= 0.6 is 0 Å². The van der Waals surface area contributed by atoms with E-state index in [2.05, 4.69) is 5.32 Å². The highest BCUT2D eigenvalue weighted by molar-refractivity contribution is 5.92. The van der Waals surface area contributed by atoms with Gasteiger partial charge >= 0.3 is 0 Å². The highest BCUT2D eigenvalue weighted by Crippen LogP contribution is 2.44. The molecule has 23 heavy (non-hydrogen) atoms. The van der Waals surface area contributed by atoms with Crippen molar-refractivity contribution >= 4 is 5.91 Å². The standard InChI is InChI=1S/C18H29NO4/c1-2-22-18-14(7-4-10-20)15(12-5-3-6-12)11-16(23-18)17(21)19-13-8-9-13/h11-15,18,20H,2-10H2,1H3,(H,19,21)/t14-,15+,18+/m0/s1. The van der Waals surface area contributed by atoms with Crippen LogP contribution in [0.5, 0.6) is 0 Å². The van der Waals surface area contributed by atoms with Crippen LogP contribution in [-0.2, 0) is 14.3 Å². The van der Waals surface area contributed by atoms with Gasteiger partial charge in [0.2, 0.25) is 6.29 Å². The van der Waals surface area contributed by atoms with Crippen molar-refractivity contribution in [3.8, 4) is 0 Å². The minimum atomic E-state index is -0.373. The Kier molecular flexibility index (Phi) is 5.59. The molecular formula is C18H29NO4. The van der Waals surface area contributed by atoms with Crippen LogP contribution in [0.15, 0.2) is 11.8 Å². The zero-order chi connectivity index (χ0) is 16.2. The molecule has 3 rings (SSSR count). The summed E-state index contributed by atoms with van der Waals surface area (Å²) in [4.78, 5) is 12.4. The molecule has 0 aromatic carbocycles. The number of aliphatic hydroxyl groups is 1.